The van der Waals surface area contributed by atoms with E-state index in [2.05, 4.69) is 25.8 Å². The number of hydrogen-bond donors (Lipinski definition) is 3. The van der Waals surface area contributed by atoms with Gasteiger partial charge in [0.05, 0.1) is 5.52 Å². The van der Waals surface area contributed by atoms with E-state index in [4.69, 9.17) is 5.11 Å². The van der Waals surface area contributed by atoms with Gasteiger partial charge in [-0.05, 0) is 18.2 Å². The van der Waals surface area contributed by atoms with Gasteiger partial charge in [-0.15, -0.1) is 11.8 Å². The summed E-state index contributed by atoms with van der Waals surface area (Å²) in [7, 11) is 0. The number of aromatic carboxylic acids is 1. The fraction of sp³-hybridized carbons (Fsp3) is 0.333. The van der Waals surface area contributed by atoms with Gasteiger partial charge in [-0.25, -0.2) is 9.78 Å². The van der Waals surface area contributed by atoms with Crippen LogP contribution in [0.1, 0.15) is 43.1 Å². The fourth-order valence-electron chi connectivity index (χ4n) is 1.95. The van der Waals surface area contributed by atoms with Crippen LogP contribution in [0.15, 0.2) is 29.2 Å². The zero-order valence-corrected chi connectivity index (χ0v) is 12.8. The van der Waals surface area contributed by atoms with Crippen molar-refractivity contribution >= 4 is 28.6 Å². The lowest BCUT2D eigenvalue weighted by Crippen LogP contribution is -2.10. The Morgan fingerprint density at radius 2 is 1.90 bits per heavy atom. The van der Waals surface area contributed by atoms with Gasteiger partial charge in [0.2, 0.25) is 0 Å². The molecule has 1 heterocycles. The average Bonchev–Trinajstić information content (AvgIpc) is 2.34. The number of pyridine rings is 1. The normalized spacial score (nSPS) is 12.1. The van der Waals surface area contributed by atoms with Crippen LogP contribution in [-0.4, -0.2) is 31.0 Å². The van der Waals surface area contributed by atoms with Gasteiger partial charge in [-0.3, -0.25) is 0 Å². The zero-order valence-electron chi connectivity index (χ0n) is 12.0. The van der Waals surface area contributed by atoms with Crippen molar-refractivity contribution in [3.05, 3.63) is 35.5 Å². The van der Waals surface area contributed by atoms with Gasteiger partial charge in [-0.1, -0.05) is 26.8 Å². The third-order valence-corrected chi connectivity index (χ3v) is 3.83. The maximum absolute atomic E-state index is 11.2. The Balaban J connectivity index is 2.57. The lowest BCUT2D eigenvalue weighted by Gasteiger charge is -2.18. The first-order chi connectivity index (χ1) is 9.67. The van der Waals surface area contributed by atoms with E-state index >= 15 is 0 Å². The first kappa shape index (κ1) is 15.8. The van der Waals surface area contributed by atoms with Crippen LogP contribution in [0.2, 0.25) is 0 Å². The predicted octanol–water partition coefficient (Wildman–Crippen LogP) is 2.81. The summed E-state index contributed by atoms with van der Waals surface area (Å²) in [6.45, 7) is 6.26. The lowest BCUT2D eigenvalue weighted by atomic mass is 10.1. The van der Waals surface area contributed by atoms with Crippen LogP contribution in [0.5, 0.6) is 0 Å². The smallest absolute Gasteiger partial charge is 0.354 e. The third kappa shape index (κ3) is 3.72. The maximum atomic E-state index is 11.2. The van der Waals surface area contributed by atoms with Crippen molar-refractivity contribution in [2.75, 3.05) is 0 Å². The van der Waals surface area contributed by atoms with Crippen LogP contribution in [0.3, 0.4) is 0 Å². The molecule has 3 N–H and O–H groups in total. The molecule has 0 unspecified atom stereocenters. The van der Waals surface area contributed by atoms with E-state index in [1.807, 2.05) is 12.1 Å². The highest BCUT2D eigenvalue weighted by Gasteiger charge is 2.19. The van der Waals surface area contributed by atoms with Crippen LogP contribution in [0, 0.1) is 0 Å². The van der Waals surface area contributed by atoms with Gasteiger partial charge < -0.3 is 15.3 Å². The quantitative estimate of drug-likeness (QED) is 0.596. The van der Waals surface area contributed by atoms with E-state index in [1.165, 1.54) is 6.07 Å². The van der Waals surface area contributed by atoms with E-state index < -0.39 is 12.3 Å². The van der Waals surface area contributed by atoms with Crippen molar-refractivity contribution in [3.8, 4) is 0 Å². The molecule has 0 spiro atoms. The summed E-state index contributed by atoms with van der Waals surface area (Å²) >= 11 is 1.65. The highest BCUT2D eigenvalue weighted by atomic mass is 32.2. The van der Waals surface area contributed by atoms with Crippen molar-refractivity contribution < 1.29 is 20.1 Å². The van der Waals surface area contributed by atoms with Gasteiger partial charge >= 0.3 is 5.97 Å². The SMILES string of the molecule is CC(C)(C)Sc1ccc2cc(C(O)O)c(C(=O)O)nc2c1. The van der Waals surface area contributed by atoms with E-state index in [1.54, 1.807) is 17.8 Å². The summed E-state index contributed by atoms with van der Waals surface area (Å²) in [6, 6.07) is 6.97. The number of aromatic nitrogens is 1. The first-order valence-electron chi connectivity index (χ1n) is 6.40. The molecule has 6 heteroatoms. The Morgan fingerprint density at radius 1 is 1.24 bits per heavy atom. The van der Waals surface area contributed by atoms with E-state index in [9.17, 15) is 15.0 Å². The molecule has 0 aliphatic carbocycles. The van der Waals surface area contributed by atoms with Gasteiger partial charge in [0.25, 0.3) is 0 Å². The molecule has 0 amide bonds. The van der Waals surface area contributed by atoms with Crippen LogP contribution < -0.4 is 0 Å². The first-order valence-corrected chi connectivity index (χ1v) is 7.22. The number of thioether (sulfide) groups is 1. The van der Waals surface area contributed by atoms with Crippen molar-refractivity contribution in [3.63, 3.8) is 0 Å². The topological polar surface area (TPSA) is 90.7 Å². The van der Waals surface area contributed by atoms with Crippen LogP contribution in [-0.2, 0) is 0 Å². The minimum atomic E-state index is -1.86. The maximum Gasteiger partial charge on any atom is 0.354 e. The molecule has 0 aliphatic heterocycles. The van der Waals surface area contributed by atoms with Crippen LogP contribution in [0.4, 0.5) is 0 Å². The fourth-order valence-corrected chi connectivity index (χ4v) is 2.96. The summed E-state index contributed by atoms with van der Waals surface area (Å²) in [5, 5.41) is 28.3. The molecule has 112 valence electrons. The lowest BCUT2D eigenvalue weighted by molar-refractivity contribution is -0.0434. The Hall–Kier alpha value is -1.63. The Morgan fingerprint density at radius 3 is 2.43 bits per heavy atom. The standard InChI is InChI=1S/C15H17NO4S/c1-15(2,3)21-9-5-4-8-6-10(13(17)18)12(14(19)20)16-11(8)7-9/h4-7,13,17-18H,1-3H3,(H,19,20). The Kier molecular flexibility index (Phi) is 4.22. The second-order valence-electron chi connectivity index (χ2n) is 5.67. The van der Waals surface area contributed by atoms with E-state index in [-0.39, 0.29) is 16.0 Å². The zero-order chi connectivity index (χ0) is 15.8. The number of carboxylic acids is 1. The van der Waals surface area contributed by atoms with Gasteiger partial charge in [0.15, 0.2) is 12.0 Å². The second kappa shape index (κ2) is 5.63. The minimum Gasteiger partial charge on any atom is -0.476 e. The number of benzene rings is 1. The molecular formula is C15H17NO4S. The molecule has 0 radical (unpaired) electrons. The minimum absolute atomic E-state index is 0.0323. The second-order valence-corrected chi connectivity index (χ2v) is 7.57. The molecule has 0 aliphatic rings. The molecule has 0 saturated carbocycles. The van der Waals surface area contributed by atoms with Gasteiger partial charge in [0, 0.05) is 20.6 Å². The summed E-state index contributed by atoms with van der Waals surface area (Å²) < 4.78 is 0.0323. The number of aliphatic hydroxyl groups is 2. The van der Waals surface area contributed by atoms with Crippen LogP contribution >= 0.6 is 11.8 Å². The van der Waals surface area contributed by atoms with E-state index in [0.29, 0.717) is 10.9 Å². The molecule has 2 rings (SSSR count). The molecule has 1 aromatic heterocycles. The molecule has 0 bridgehead atoms. The van der Waals surface area contributed by atoms with Crippen LogP contribution in [0.25, 0.3) is 10.9 Å². The monoisotopic (exact) mass is 307 g/mol. The Bertz CT molecular complexity index is 692. The van der Waals surface area contributed by atoms with Crippen molar-refractivity contribution in [1.82, 2.24) is 4.98 Å². The van der Waals surface area contributed by atoms with Gasteiger partial charge in [-0.2, -0.15) is 0 Å². The number of nitrogens with zero attached hydrogens (tertiary/aromatic N) is 1. The number of aliphatic hydroxyl groups excluding tert-OH is 1. The van der Waals surface area contributed by atoms with Crippen molar-refractivity contribution in [2.45, 2.75) is 36.7 Å². The van der Waals surface area contributed by atoms with Gasteiger partial charge in [0.1, 0.15) is 0 Å². The number of hydrogen-bond acceptors (Lipinski definition) is 5. The number of rotatable bonds is 3. The van der Waals surface area contributed by atoms with Crippen molar-refractivity contribution in [2.24, 2.45) is 0 Å². The molecular weight excluding hydrogens is 290 g/mol. The third-order valence-electron chi connectivity index (χ3n) is 2.72. The highest BCUT2D eigenvalue weighted by Crippen LogP contribution is 2.33. The predicted molar refractivity (Wildman–Crippen MR) is 81.5 cm³/mol. The Labute approximate surface area is 126 Å². The molecule has 2 aromatic rings. The number of carbonyl (C=O) groups is 1. The molecule has 5 nitrogen and oxygen atoms in total. The molecule has 21 heavy (non-hydrogen) atoms. The molecule has 0 saturated heterocycles. The summed E-state index contributed by atoms with van der Waals surface area (Å²) in [5.74, 6) is -1.28. The molecule has 0 atom stereocenters. The number of carboxylic acid groups (broad SMARTS) is 1. The average molecular weight is 307 g/mol. The molecule has 0 fully saturated rings. The summed E-state index contributed by atoms with van der Waals surface area (Å²) in [5.41, 5.74) is 0.0766. The molecule has 1 aromatic carbocycles. The summed E-state index contributed by atoms with van der Waals surface area (Å²) in [6.07, 6.45) is -1.86. The van der Waals surface area contributed by atoms with Crippen molar-refractivity contribution in [1.29, 1.82) is 0 Å². The largest absolute Gasteiger partial charge is 0.476 e. The van der Waals surface area contributed by atoms with E-state index in [0.717, 1.165) is 4.90 Å². The number of fused-ring (bicyclic) bond motifs is 1. The summed E-state index contributed by atoms with van der Waals surface area (Å²) in [4.78, 5) is 16.2. The highest BCUT2D eigenvalue weighted by molar-refractivity contribution is 8.00.